The summed E-state index contributed by atoms with van der Waals surface area (Å²) in [6.07, 6.45) is 2.06. The van der Waals surface area contributed by atoms with Gasteiger partial charge in [0.2, 0.25) is 0 Å². The highest BCUT2D eigenvalue weighted by atomic mass is 31.1. The lowest BCUT2D eigenvalue weighted by atomic mass is 10.2. The fourth-order valence-electron chi connectivity index (χ4n) is 0.904. The summed E-state index contributed by atoms with van der Waals surface area (Å²) in [6, 6.07) is -0.0155. The van der Waals surface area contributed by atoms with E-state index in [1.807, 2.05) is 6.92 Å². The van der Waals surface area contributed by atoms with Crippen LogP contribution >= 0.6 is 8.73 Å². The number of hydrogen-bond donors (Lipinski definition) is 1. The van der Waals surface area contributed by atoms with Gasteiger partial charge in [0.05, 0.1) is 6.61 Å². The Labute approximate surface area is 62.4 Å². The molecule has 0 aliphatic carbocycles. The molecule has 1 rings (SSSR count). The van der Waals surface area contributed by atoms with Crippen molar-refractivity contribution >= 4 is 14.7 Å². The molecule has 2 atom stereocenters. The summed E-state index contributed by atoms with van der Waals surface area (Å²) < 4.78 is 4.83. The molecule has 10 heavy (non-hydrogen) atoms. The molecule has 1 N–H and O–H groups in total. The summed E-state index contributed by atoms with van der Waals surface area (Å²) in [4.78, 5) is 11.0. The topological polar surface area (TPSA) is 38.3 Å². The SMILES string of the molecule is CCOC(=O)[C@@H]1CCPN1. The lowest BCUT2D eigenvalue weighted by Gasteiger charge is -2.07. The zero-order valence-electron chi connectivity index (χ0n) is 6.02. The number of carbonyl (C=O) groups excluding carboxylic acids is 1. The Bertz CT molecular complexity index is 123. The Hall–Kier alpha value is -0.140. The molecule has 0 amide bonds. The molecule has 0 aromatic rings. The van der Waals surface area contributed by atoms with Gasteiger partial charge in [0, 0.05) is 0 Å². The first-order valence-electron chi connectivity index (χ1n) is 3.49. The molecule has 0 spiro atoms. The third-order valence-electron chi connectivity index (χ3n) is 1.41. The Morgan fingerprint density at radius 2 is 2.70 bits per heavy atom. The van der Waals surface area contributed by atoms with Crippen LogP contribution < -0.4 is 5.09 Å². The van der Waals surface area contributed by atoms with Crippen molar-refractivity contribution in [2.45, 2.75) is 19.4 Å². The van der Waals surface area contributed by atoms with E-state index in [1.165, 1.54) is 0 Å². The molecule has 1 saturated heterocycles. The van der Waals surface area contributed by atoms with Gasteiger partial charge in [-0.25, -0.2) is 0 Å². The fraction of sp³-hybridized carbons (Fsp3) is 0.833. The number of esters is 1. The van der Waals surface area contributed by atoms with Gasteiger partial charge in [0.15, 0.2) is 0 Å². The maximum Gasteiger partial charge on any atom is 0.323 e. The largest absolute Gasteiger partial charge is 0.465 e. The van der Waals surface area contributed by atoms with E-state index < -0.39 is 0 Å². The van der Waals surface area contributed by atoms with E-state index in [0.717, 1.165) is 21.3 Å². The summed E-state index contributed by atoms with van der Waals surface area (Å²) >= 11 is 0. The minimum absolute atomic E-state index is 0.0155. The predicted molar refractivity (Wildman–Crippen MR) is 41.4 cm³/mol. The molecule has 1 fully saturated rings. The third-order valence-corrected chi connectivity index (χ3v) is 2.50. The van der Waals surface area contributed by atoms with Crippen molar-refractivity contribution in [1.82, 2.24) is 5.09 Å². The van der Waals surface area contributed by atoms with Gasteiger partial charge in [-0.05, 0) is 19.5 Å². The van der Waals surface area contributed by atoms with Crippen molar-refractivity contribution in [1.29, 1.82) is 0 Å². The fourth-order valence-corrected chi connectivity index (χ4v) is 1.99. The van der Waals surface area contributed by atoms with Gasteiger partial charge in [0.25, 0.3) is 0 Å². The van der Waals surface area contributed by atoms with Gasteiger partial charge < -0.3 is 4.74 Å². The quantitative estimate of drug-likeness (QED) is 0.473. The van der Waals surface area contributed by atoms with Crippen LogP contribution in [0.25, 0.3) is 0 Å². The molecule has 1 aliphatic rings. The maximum absolute atomic E-state index is 11.0. The summed E-state index contributed by atoms with van der Waals surface area (Å²) in [5.74, 6) is -0.0903. The van der Waals surface area contributed by atoms with E-state index in [4.69, 9.17) is 4.74 Å². The smallest absolute Gasteiger partial charge is 0.323 e. The summed E-state index contributed by atoms with van der Waals surface area (Å²) in [6.45, 7) is 2.31. The molecule has 0 radical (unpaired) electrons. The van der Waals surface area contributed by atoms with Gasteiger partial charge in [-0.15, -0.1) is 0 Å². The van der Waals surface area contributed by atoms with Crippen LogP contribution in [-0.2, 0) is 9.53 Å². The van der Waals surface area contributed by atoms with Crippen LogP contribution in [0.4, 0.5) is 0 Å². The average Bonchev–Trinajstić information content (AvgIpc) is 2.38. The minimum Gasteiger partial charge on any atom is -0.465 e. The summed E-state index contributed by atoms with van der Waals surface area (Å²) in [7, 11) is 0.735. The van der Waals surface area contributed by atoms with Crippen LogP contribution in [0.5, 0.6) is 0 Å². The number of nitrogens with one attached hydrogen (secondary N) is 1. The van der Waals surface area contributed by atoms with E-state index in [9.17, 15) is 4.79 Å². The number of rotatable bonds is 2. The monoisotopic (exact) mass is 161 g/mol. The number of ether oxygens (including phenoxy) is 1. The highest BCUT2D eigenvalue weighted by Crippen LogP contribution is 2.19. The van der Waals surface area contributed by atoms with Crippen LogP contribution in [0.15, 0.2) is 0 Å². The Morgan fingerprint density at radius 1 is 1.90 bits per heavy atom. The standard InChI is InChI=1S/C6H12NO2P/c1-2-9-6(8)5-3-4-10-7-5/h5,7,10H,2-4H2,1H3/t5-/m0/s1. The predicted octanol–water partition coefficient (Wildman–Crippen LogP) is 0.505. The first-order chi connectivity index (χ1) is 4.84. The van der Waals surface area contributed by atoms with E-state index in [0.29, 0.717) is 6.61 Å². The maximum atomic E-state index is 11.0. The number of hydrogen-bond acceptors (Lipinski definition) is 3. The Kier molecular flexibility index (Phi) is 3.10. The molecule has 0 aromatic carbocycles. The average molecular weight is 161 g/mol. The first-order valence-corrected chi connectivity index (χ1v) is 4.70. The molecule has 58 valence electrons. The molecular formula is C6H12NO2P. The second kappa shape index (κ2) is 3.89. The van der Waals surface area contributed by atoms with Crippen molar-refractivity contribution in [3.63, 3.8) is 0 Å². The molecule has 1 aliphatic heterocycles. The Balaban J connectivity index is 2.25. The molecule has 0 bridgehead atoms. The van der Waals surface area contributed by atoms with Gasteiger partial charge in [0.1, 0.15) is 6.04 Å². The van der Waals surface area contributed by atoms with Crippen molar-refractivity contribution in [3.8, 4) is 0 Å². The van der Waals surface area contributed by atoms with Crippen LogP contribution in [0.2, 0.25) is 0 Å². The van der Waals surface area contributed by atoms with Crippen LogP contribution in [0, 0.1) is 0 Å². The highest BCUT2D eigenvalue weighted by molar-refractivity contribution is 7.36. The van der Waals surface area contributed by atoms with E-state index in [-0.39, 0.29) is 12.0 Å². The molecule has 0 saturated carbocycles. The van der Waals surface area contributed by atoms with Crippen molar-refractivity contribution < 1.29 is 9.53 Å². The van der Waals surface area contributed by atoms with Crippen LogP contribution in [0.3, 0.4) is 0 Å². The second-order valence-electron chi connectivity index (χ2n) is 2.16. The molecule has 0 aromatic heterocycles. The molecule has 1 unspecified atom stereocenters. The van der Waals surface area contributed by atoms with E-state index >= 15 is 0 Å². The summed E-state index contributed by atoms with van der Waals surface area (Å²) in [5.41, 5.74) is 0. The zero-order valence-corrected chi connectivity index (χ0v) is 7.02. The minimum atomic E-state index is -0.0903. The van der Waals surface area contributed by atoms with E-state index in [1.54, 1.807) is 0 Å². The van der Waals surface area contributed by atoms with Crippen LogP contribution in [-0.4, -0.2) is 24.8 Å². The number of carbonyl (C=O) groups is 1. The van der Waals surface area contributed by atoms with Crippen LogP contribution in [0.1, 0.15) is 13.3 Å². The molecule has 3 nitrogen and oxygen atoms in total. The molecule has 1 heterocycles. The lowest BCUT2D eigenvalue weighted by Crippen LogP contribution is -2.29. The van der Waals surface area contributed by atoms with Crippen molar-refractivity contribution in [2.75, 3.05) is 12.8 Å². The zero-order chi connectivity index (χ0) is 7.40. The van der Waals surface area contributed by atoms with Crippen molar-refractivity contribution in [2.24, 2.45) is 0 Å². The van der Waals surface area contributed by atoms with E-state index in [2.05, 4.69) is 5.09 Å². The second-order valence-corrected chi connectivity index (χ2v) is 3.31. The third kappa shape index (κ3) is 1.93. The molecular weight excluding hydrogens is 149 g/mol. The van der Waals surface area contributed by atoms with Gasteiger partial charge in [-0.2, -0.15) is 0 Å². The highest BCUT2D eigenvalue weighted by Gasteiger charge is 2.22. The first kappa shape index (κ1) is 7.96. The molecule has 4 heteroatoms. The Morgan fingerprint density at radius 3 is 3.20 bits per heavy atom. The van der Waals surface area contributed by atoms with Gasteiger partial charge >= 0.3 is 5.97 Å². The normalized spacial score (nSPS) is 27.1. The van der Waals surface area contributed by atoms with Gasteiger partial charge in [-0.3, -0.25) is 9.88 Å². The van der Waals surface area contributed by atoms with Crippen molar-refractivity contribution in [3.05, 3.63) is 0 Å². The summed E-state index contributed by atoms with van der Waals surface area (Å²) in [5, 5.41) is 3.09. The van der Waals surface area contributed by atoms with Gasteiger partial charge in [-0.1, -0.05) is 8.73 Å². The lowest BCUT2D eigenvalue weighted by molar-refractivity contribution is -0.144.